The quantitative estimate of drug-likeness (QED) is 0.808. The van der Waals surface area contributed by atoms with Crippen LogP contribution >= 0.6 is 0 Å². The standard InChI is InChI=1S/C12H18N2O/c1-3-11(9-13-6-1)5-8-15-12-4-2-7-14-10-12/h1,3,6,9,12,14H,2,4-5,7-8,10H2. The van der Waals surface area contributed by atoms with E-state index < -0.39 is 0 Å². The molecule has 1 fully saturated rings. The summed E-state index contributed by atoms with van der Waals surface area (Å²) >= 11 is 0. The van der Waals surface area contributed by atoms with E-state index in [9.17, 15) is 0 Å². The molecule has 1 saturated heterocycles. The second-order valence-corrected chi connectivity index (χ2v) is 3.95. The lowest BCUT2D eigenvalue weighted by molar-refractivity contribution is 0.0390. The molecule has 1 atom stereocenters. The molecule has 0 amide bonds. The minimum absolute atomic E-state index is 0.412. The number of hydrogen-bond acceptors (Lipinski definition) is 3. The molecule has 2 rings (SSSR count). The van der Waals surface area contributed by atoms with Crippen LogP contribution in [0.1, 0.15) is 18.4 Å². The van der Waals surface area contributed by atoms with Crippen LogP contribution in [-0.2, 0) is 11.2 Å². The molecule has 1 aromatic rings. The van der Waals surface area contributed by atoms with Gasteiger partial charge >= 0.3 is 0 Å². The van der Waals surface area contributed by atoms with E-state index in [1.807, 2.05) is 12.3 Å². The minimum Gasteiger partial charge on any atom is -0.377 e. The second-order valence-electron chi connectivity index (χ2n) is 3.95. The van der Waals surface area contributed by atoms with Crippen LogP contribution < -0.4 is 5.32 Å². The number of rotatable bonds is 4. The maximum atomic E-state index is 5.80. The third-order valence-corrected chi connectivity index (χ3v) is 2.72. The number of aromatic nitrogens is 1. The first-order valence-electron chi connectivity index (χ1n) is 5.66. The Morgan fingerprint density at radius 1 is 1.53 bits per heavy atom. The lowest BCUT2D eigenvalue weighted by atomic mass is 10.1. The number of nitrogens with one attached hydrogen (secondary N) is 1. The number of ether oxygens (including phenoxy) is 1. The number of nitrogens with zero attached hydrogens (tertiary/aromatic N) is 1. The van der Waals surface area contributed by atoms with Gasteiger partial charge in [-0.3, -0.25) is 4.98 Å². The van der Waals surface area contributed by atoms with E-state index in [-0.39, 0.29) is 0 Å². The first-order chi connectivity index (χ1) is 7.45. The lowest BCUT2D eigenvalue weighted by Crippen LogP contribution is -2.35. The van der Waals surface area contributed by atoms with Gasteiger partial charge in [-0.05, 0) is 37.4 Å². The van der Waals surface area contributed by atoms with Gasteiger partial charge in [-0.15, -0.1) is 0 Å². The van der Waals surface area contributed by atoms with Crippen molar-refractivity contribution in [1.82, 2.24) is 10.3 Å². The third-order valence-electron chi connectivity index (χ3n) is 2.72. The maximum absolute atomic E-state index is 5.80. The molecule has 15 heavy (non-hydrogen) atoms. The van der Waals surface area contributed by atoms with Crippen LogP contribution in [0.3, 0.4) is 0 Å². The van der Waals surface area contributed by atoms with E-state index in [1.165, 1.54) is 18.4 Å². The van der Waals surface area contributed by atoms with Crippen LogP contribution in [0.5, 0.6) is 0 Å². The smallest absolute Gasteiger partial charge is 0.0700 e. The van der Waals surface area contributed by atoms with E-state index in [2.05, 4.69) is 16.4 Å². The van der Waals surface area contributed by atoms with Crippen molar-refractivity contribution in [2.24, 2.45) is 0 Å². The molecule has 3 heteroatoms. The summed E-state index contributed by atoms with van der Waals surface area (Å²) in [6.07, 6.45) is 7.51. The highest BCUT2D eigenvalue weighted by Crippen LogP contribution is 2.07. The molecule has 0 saturated carbocycles. The fourth-order valence-corrected chi connectivity index (χ4v) is 1.85. The normalized spacial score (nSPS) is 21.5. The summed E-state index contributed by atoms with van der Waals surface area (Å²) in [4.78, 5) is 4.08. The molecule has 0 radical (unpaired) electrons. The molecular weight excluding hydrogens is 188 g/mol. The molecule has 1 N–H and O–H groups in total. The number of hydrogen-bond donors (Lipinski definition) is 1. The summed E-state index contributed by atoms with van der Waals surface area (Å²) in [6, 6.07) is 4.06. The summed E-state index contributed by atoms with van der Waals surface area (Å²) in [7, 11) is 0. The van der Waals surface area contributed by atoms with Crippen molar-refractivity contribution >= 4 is 0 Å². The summed E-state index contributed by atoms with van der Waals surface area (Å²) in [5.74, 6) is 0. The molecule has 82 valence electrons. The summed E-state index contributed by atoms with van der Waals surface area (Å²) < 4.78 is 5.80. The summed E-state index contributed by atoms with van der Waals surface area (Å²) in [5, 5.41) is 3.35. The SMILES string of the molecule is c1cncc(CCOC2CCCNC2)c1. The predicted molar refractivity (Wildman–Crippen MR) is 59.8 cm³/mol. The first kappa shape index (κ1) is 10.6. The van der Waals surface area contributed by atoms with E-state index in [1.54, 1.807) is 6.20 Å². The number of piperidine rings is 1. The Morgan fingerprint density at radius 3 is 3.27 bits per heavy atom. The zero-order valence-electron chi connectivity index (χ0n) is 8.98. The third kappa shape index (κ3) is 3.61. The Bertz CT molecular complexity index is 270. The molecule has 2 heterocycles. The molecule has 1 unspecified atom stereocenters. The van der Waals surface area contributed by atoms with Gasteiger partial charge in [0, 0.05) is 18.9 Å². The Hall–Kier alpha value is -0.930. The minimum atomic E-state index is 0.412. The zero-order chi connectivity index (χ0) is 10.3. The monoisotopic (exact) mass is 206 g/mol. The van der Waals surface area contributed by atoms with Gasteiger partial charge in [0.25, 0.3) is 0 Å². The molecule has 1 aliphatic heterocycles. The maximum Gasteiger partial charge on any atom is 0.0700 e. The highest BCUT2D eigenvalue weighted by molar-refractivity contribution is 5.08. The average molecular weight is 206 g/mol. The van der Waals surface area contributed by atoms with Crippen LogP contribution in [0.25, 0.3) is 0 Å². The molecule has 1 aliphatic rings. The topological polar surface area (TPSA) is 34.1 Å². The first-order valence-corrected chi connectivity index (χ1v) is 5.66. The van der Waals surface area contributed by atoms with Crippen molar-refractivity contribution in [3.8, 4) is 0 Å². The molecule has 0 aromatic carbocycles. The van der Waals surface area contributed by atoms with Crippen molar-refractivity contribution in [2.75, 3.05) is 19.7 Å². The van der Waals surface area contributed by atoms with Crippen molar-refractivity contribution < 1.29 is 4.74 Å². The van der Waals surface area contributed by atoms with Crippen LogP contribution in [0.15, 0.2) is 24.5 Å². The van der Waals surface area contributed by atoms with Crippen molar-refractivity contribution in [3.63, 3.8) is 0 Å². The van der Waals surface area contributed by atoms with Gasteiger partial charge in [-0.2, -0.15) is 0 Å². The molecular formula is C12H18N2O. The molecule has 0 bridgehead atoms. The van der Waals surface area contributed by atoms with E-state index in [0.29, 0.717) is 6.10 Å². The van der Waals surface area contributed by atoms with Gasteiger partial charge < -0.3 is 10.1 Å². The average Bonchev–Trinajstić information content (AvgIpc) is 2.32. The van der Waals surface area contributed by atoms with Gasteiger partial charge in [0.05, 0.1) is 12.7 Å². The van der Waals surface area contributed by atoms with Crippen molar-refractivity contribution in [1.29, 1.82) is 0 Å². The molecule has 1 aromatic heterocycles. The van der Waals surface area contributed by atoms with Gasteiger partial charge in [0.1, 0.15) is 0 Å². The highest BCUT2D eigenvalue weighted by atomic mass is 16.5. The van der Waals surface area contributed by atoms with Crippen molar-refractivity contribution in [3.05, 3.63) is 30.1 Å². The van der Waals surface area contributed by atoms with Crippen molar-refractivity contribution in [2.45, 2.75) is 25.4 Å². The van der Waals surface area contributed by atoms with Crippen LogP contribution in [0, 0.1) is 0 Å². The molecule has 0 spiro atoms. The lowest BCUT2D eigenvalue weighted by Gasteiger charge is -2.22. The van der Waals surface area contributed by atoms with Crippen LogP contribution in [0.2, 0.25) is 0 Å². The van der Waals surface area contributed by atoms with Gasteiger partial charge in [0.15, 0.2) is 0 Å². The van der Waals surface area contributed by atoms with E-state index in [0.717, 1.165) is 26.1 Å². The second kappa shape index (κ2) is 5.83. The fourth-order valence-electron chi connectivity index (χ4n) is 1.85. The largest absolute Gasteiger partial charge is 0.377 e. The Labute approximate surface area is 90.9 Å². The zero-order valence-corrected chi connectivity index (χ0v) is 8.98. The predicted octanol–water partition coefficient (Wildman–Crippen LogP) is 1.39. The Kier molecular flexibility index (Phi) is 4.11. The molecule has 0 aliphatic carbocycles. The number of pyridine rings is 1. The van der Waals surface area contributed by atoms with Gasteiger partial charge in [-0.25, -0.2) is 0 Å². The molecule has 3 nitrogen and oxygen atoms in total. The summed E-state index contributed by atoms with van der Waals surface area (Å²) in [5.41, 5.74) is 1.25. The summed E-state index contributed by atoms with van der Waals surface area (Å²) in [6.45, 7) is 2.95. The Balaban J connectivity index is 1.66. The van der Waals surface area contributed by atoms with E-state index >= 15 is 0 Å². The van der Waals surface area contributed by atoms with E-state index in [4.69, 9.17) is 4.74 Å². The van der Waals surface area contributed by atoms with Gasteiger partial charge in [-0.1, -0.05) is 6.07 Å². The van der Waals surface area contributed by atoms with Crippen LogP contribution in [0.4, 0.5) is 0 Å². The Morgan fingerprint density at radius 2 is 2.53 bits per heavy atom. The van der Waals surface area contributed by atoms with Crippen LogP contribution in [-0.4, -0.2) is 30.8 Å². The highest BCUT2D eigenvalue weighted by Gasteiger charge is 2.12. The fraction of sp³-hybridized carbons (Fsp3) is 0.583. The van der Waals surface area contributed by atoms with Gasteiger partial charge in [0.2, 0.25) is 0 Å².